The summed E-state index contributed by atoms with van der Waals surface area (Å²) < 4.78 is 13.4. The Morgan fingerprint density at radius 3 is 2.90 bits per heavy atom. The molecule has 1 heterocycles. The normalized spacial score (nSPS) is 9.62. The van der Waals surface area contributed by atoms with E-state index in [1.165, 1.54) is 12.3 Å². The third kappa shape index (κ3) is 3.88. The first kappa shape index (κ1) is 14.7. The molecule has 0 spiro atoms. The first-order valence-electron chi connectivity index (χ1n) is 6.27. The number of aliphatic hydroxyl groups excluding tert-OH is 1. The molecule has 2 rings (SSSR count). The SMILES string of the molecule is O=C(NCc1ccccc1C#CCO)c1ccncc1F. The molecule has 21 heavy (non-hydrogen) atoms. The first-order chi connectivity index (χ1) is 10.2. The van der Waals surface area contributed by atoms with Crippen LogP contribution in [0, 0.1) is 17.7 Å². The monoisotopic (exact) mass is 284 g/mol. The lowest BCUT2D eigenvalue weighted by Crippen LogP contribution is -2.24. The molecule has 1 aromatic carbocycles. The van der Waals surface area contributed by atoms with Gasteiger partial charge in [0.15, 0.2) is 5.82 Å². The van der Waals surface area contributed by atoms with Gasteiger partial charge < -0.3 is 10.4 Å². The second-order valence-electron chi connectivity index (χ2n) is 4.16. The van der Waals surface area contributed by atoms with Crippen LogP contribution in [0.4, 0.5) is 4.39 Å². The number of amides is 1. The molecule has 0 saturated heterocycles. The molecule has 0 fully saturated rings. The molecule has 2 N–H and O–H groups in total. The highest BCUT2D eigenvalue weighted by Gasteiger charge is 2.11. The van der Waals surface area contributed by atoms with Gasteiger partial charge in [-0.15, -0.1) is 0 Å². The summed E-state index contributed by atoms with van der Waals surface area (Å²) in [6, 6.07) is 8.55. The van der Waals surface area contributed by atoms with Crippen molar-refractivity contribution in [2.24, 2.45) is 0 Å². The van der Waals surface area contributed by atoms with Crippen molar-refractivity contribution in [2.45, 2.75) is 6.54 Å². The van der Waals surface area contributed by atoms with Gasteiger partial charge >= 0.3 is 0 Å². The Kier molecular flexibility index (Phi) is 5.02. The van der Waals surface area contributed by atoms with Gasteiger partial charge in [-0.1, -0.05) is 30.0 Å². The van der Waals surface area contributed by atoms with Crippen LogP contribution in [-0.4, -0.2) is 22.6 Å². The van der Waals surface area contributed by atoms with Gasteiger partial charge in [0.1, 0.15) is 6.61 Å². The van der Waals surface area contributed by atoms with E-state index in [1.807, 2.05) is 18.2 Å². The third-order valence-corrected chi connectivity index (χ3v) is 2.78. The zero-order valence-corrected chi connectivity index (χ0v) is 11.1. The molecule has 106 valence electrons. The molecule has 0 radical (unpaired) electrons. The van der Waals surface area contributed by atoms with Gasteiger partial charge in [0, 0.05) is 18.3 Å². The number of carbonyl (C=O) groups excluding carboxylic acids is 1. The van der Waals surface area contributed by atoms with Gasteiger partial charge in [0.25, 0.3) is 5.91 Å². The number of carbonyl (C=O) groups is 1. The van der Waals surface area contributed by atoms with Gasteiger partial charge in [-0.25, -0.2) is 4.39 Å². The number of hydrogen-bond acceptors (Lipinski definition) is 3. The predicted molar refractivity (Wildman–Crippen MR) is 75.8 cm³/mol. The largest absolute Gasteiger partial charge is 0.384 e. The Bertz CT molecular complexity index is 705. The van der Waals surface area contributed by atoms with E-state index in [2.05, 4.69) is 22.1 Å². The number of pyridine rings is 1. The summed E-state index contributed by atoms with van der Waals surface area (Å²) in [5, 5.41) is 11.4. The Hall–Kier alpha value is -2.71. The Morgan fingerprint density at radius 2 is 2.14 bits per heavy atom. The average molecular weight is 284 g/mol. The maximum absolute atomic E-state index is 13.4. The van der Waals surface area contributed by atoms with Crippen LogP contribution in [0.5, 0.6) is 0 Å². The lowest BCUT2D eigenvalue weighted by atomic mass is 10.1. The van der Waals surface area contributed by atoms with Gasteiger partial charge in [-0.05, 0) is 17.7 Å². The average Bonchev–Trinajstić information content (AvgIpc) is 2.52. The molecule has 0 aliphatic carbocycles. The van der Waals surface area contributed by atoms with E-state index < -0.39 is 11.7 Å². The summed E-state index contributed by atoms with van der Waals surface area (Å²) in [5.74, 6) is 4.18. The van der Waals surface area contributed by atoms with Crippen LogP contribution >= 0.6 is 0 Å². The van der Waals surface area contributed by atoms with Crippen molar-refractivity contribution in [3.8, 4) is 11.8 Å². The standard InChI is InChI=1S/C16H13FN2O2/c17-15-11-18-8-7-14(15)16(21)19-10-13-5-2-1-4-12(13)6-3-9-20/h1-2,4-5,7-8,11,20H,9-10H2,(H,19,21). The van der Waals surface area contributed by atoms with Gasteiger partial charge in [-0.2, -0.15) is 0 Å². The molecule has 4 nitrogen and oxygen atoms in total. The number of aromatic nitrogens is 1. The Morgan fingerprint density at radius 1 is 1.33 bits per heavy atom. The van der Waals surface area contributed by atoms with Crippen molar-refractivity contribution in [1.29, 1.82) is 0 Å². The number of nitrogens with one attached hydrogen (secondary N) is 1. The second kappa shape index (κ2) is 7.17. The minimum Gasteiger partial charge on any atom is -0.384 e. The highest BCUT2D eigenvalue weighted by Crippen LogP contribution is 2.08. The van der Waals surface area contributed by atoms with Crippen molar-refractivity contribution >= 4 is 5.91 Å². The van der Waals surface area contributed by atoms with Crippen molar-refractivity contribution in [3.05, 3.63) is 65.2 Å². The molecule has 2 aromatic rings. The number of hydrogen-bond donors (Lipinski definition) is 2. The fourth-order valence-electron chi connectivity index (χ4n) is 1.76. The summed E-state index contributed by atoms with van der Waals surface area (Å²) in [5.41, 5.74) is 1.45. The van der Waals surface area contributed by atoms with Crippen molar-refractivity contribution in [2.75, 3.05) is 6.61 Å². The van der Waals surface area contributed by atoms with E-state index in [0.717, 1.165) is 11.8 Å². The minimum atomic E-state index is -0.664. The van der Waals surface area contributed by atoms with E-state index in [4.69, 9.17) is 5.11 Å². The topological polar surface area (TPSA) is 62.2 Å². The molecule has 0 unspecified atom stereocenters. The van der Waals surface area contributed by atoms with Crippen LogP contribution < -0.4 is 5.32 Å². The Labute approximate surface area is 121 Å². The van der Waals surface area contributed by atoms with Gasteiger partial charge in [-0.3, -0.25) is 9.78 Å². The predicted octanol–water partition coefficient (Wildman–Crippen LogP) is 1.49. The van der Waals surface area contributed by atoms with Gasteiger partial charge in [0.05, 0.1) is 11.8 Å². The molecule has 0 atom stereocenters. The molecule has 0 aliphatic rings. The van der Waals surface area contributed by atoms with E-state index in [-0.39, 0.29) is 18.7 Å². The fourth-order valence-corrected chi connectivity index (χ4v) is 1.76. The molecule has 0 aliphatic heterocycles. The van der Waals surface area contributed by atoms with Crippen LogP contribution in [0.3, 0.4) is 0 Å². The minimum absolute atomic E-state index is 0.0519. The van der Waals surface area contributed by atoms with Crippen molar-refractivity contribution in [3.63, 3.8) is 0 Å². The molecule has 1 amide bonds. The van der Waals surface area contributed by atoms with Crippen molar-refractivity contribution < 1.29 is 14.3 Å². The third-order valence-electron chi connectivity index (χ3n) is 2.78. The van der Waals surface area contributed by atoms with E-state index in [1.54, 1.807) is 6.07 Å². The quantitative estimate of drug-likeness (QED) is 0.840. The molecule has 1 aromatic heterocycles. The van der Waals surface area contributed by atoms with Crippen LogP contribution in [0.1, 0.15) is 21.5 Å². The lowest BCUT2D eigenvalue weighted by molar-refractivity contribution is 0.0946. The zero-order valence-electron chi connectivity index (χ0n) is 11.1. The fraction of sp³-hybridized carbons (Fsp3) is 0.125. The highest BCUT2D eigenvalue weighted by molar-refractivity contribution is 5.94. The van der Waals surface area contributed by atoms with E-state index in [9.17, 15) is 9.18 Å². The van der Waals surface area contributed by atoms with Gasteiger partial charge in [0.2, 0.25) is 0 Å². The maximum atomic E-state index is 13.4. The smallest absolute Gasteiger partial charge is 0.254 e. The summed E-state index contributed by atoms with van der Waals surface area (Å²) in [6.45, 7) is -0.0141. The van der Waals surface area contributed by atoms with Crippen LogP contribution in [-0.2, 0) is 6.54 Å². The summed E-state index contributed by atoms with van der Waals surface area (Å²) in [7, 11) is 0. The number of nitrogens with zero attached hydrogens (tertiary/aromatic N) is 1. The van der Waals surface area contributed by atoms with Crippen LogP contribution in [0.15, 0.2) is 42.7 Å². The Balaban J connectivity index is 2.10. The molecular formula is C16H13FN2O2. The first-order valence-corrected chi connectivity index (χ1v) is 6.27. The molecule has 0 bridgehead atoms. The van der Waals surface area contributed by atoms with Crippen molar-refractivity contribution in [1.82, 2.24) is 10.3 Å². The summed E-state index contributed by atoms with van der Waals surface area (Å²) in [4.78, 5) is 15.5. The number of aliphatic hydroxyl groups is 1. The highest BCUT2D eigenvalue weighted by atomic mass is 19.1. The van der Waals surface area contributed by atoms with E-state index in [0.29, 0.717) is 5.56 Å². The zero-order chi connectivity index (χ0) is 15.1. The molecule has 0 saturated carbocycles. The summed E-state index contributed by atoms with van der Waals surface area (Å²) in [6.07, 6.45) is 2.36. The number of benzene rings is 1. The number of rotatable bonds is 3. The van der Waals surface area contributed by atoms with Crippen LogP contribution in [0.25, 0.3) is 0 Å². The summed E-state index contributed by atoms with van der Waals surface area (Å²) >= 11 is 0. The number of halogens is 1. The molecule has 5 heteroatoms. The molecular weight excluding hydrogens is 271 g/mol. The second-order valence-corrected chi connectivity index (χ2v) is 4.16. The lowest BCUT2D eigenvalue weighted by Gasteiger charge is -2.07. The van der Waals surface area contributed by atoms with Crippen LogP contribution in [0.2, 0.25) is 0 Å². The maximum Gasteiger partial charge on any atom is 0.254 e. The van der Waals surface area contributed by atoms with E-state index >= 15 is 0 Å².